The summed E-state index contributed by atoms with van der Waals surface area (Å²) in [4.78, 5) is 0. The van der Waals surface area contributed by atoms with Crippen LogP contribution in [0.4, 0.5) is 0 Å². The first-order valence-corrected chi connectivity index (χ1v) is 4.87. The van der Waals surface area contributed by atoms with E-state index in [0.717, 1.165) is 17.7 Å². The molecule has 0 bridgehead atoms. The lowest BCUT2D eigenvalue weighted by molar-refractivity contribution is 0.201. The van der Waals surface area contributed by atoms with E-state index in [1.54, 1.807) is 0 Å². The molecule has 2 heteroatoms. The van der Waals surface area contributed by atoms with Crippen molar-refractivity contribution >= 4 is 6.08 Å². The molecule has 0 unspecified atom stereocenters. The van der Waals surface area contributed by atoms with Crippen molar-refractivity contribution in [2.75, 3.05) is 13.2 Å². The van der Waals surface area contributed by atoms with Crippen molar-refractivity contribution in [3.05, 3.63) is 35.9 Å². The molecule has 0 amide bonds. The number of ether oxygens (including phenoxy) is 1. The minimum absolute atomic E-state index is 0.0474. The van der Waals surface area contributed by atoms with Gasteiger partial charge in [-0.05, 0) is 12.5 Å². The fourth-order valence-electron chi connectivity index (χ4n) is 1.15. The second-order valence-electron chi connectivity index (χ2n) is 2.92. The van der Waals surface area contributed by atoms with Crippen LogP contribution in [-0.4, -0.2) is 18.3 Å². The van der Waals surface area contributed by atoms with Crippen LogP contribution in [0.3, 0.4) is 0 Å². The summed E-state index contributed by atoms with van der Waals surface area (Å²) in [6.45, 7) is 2.48. The SMILES string of the molecule is CC/C=C/c1ccccc1OCCO.[3H][3H].[3H][3H].[3H][3H].[3H][3H]. The summed E-state index contributed by atoms with van der Waals surface area (Å²) in [6.07, 6.45) is 5.13. The van der Waals surface area contributed by atoms with E-state index in [2.05, 4.69) is 13.0 Å². The molecular weight excluding hydrogens is 176 g/mol. The summed E-state index contributed by atoms with van der Waals surface area (Å²) >= 11 is 0. The fourth-order valence-corrected chi connectivity index (χ4v) is 1.15. The Bertz CT molecular complexity index is 313. The van der Waals surface area contributed by atoms with E-state index in [1.807, 2.05) is 30.3 Å². The van der Waals surface area contributed by atoms with E-state index in [4.69, 9.17) is 21.7 Å². The number of hydrogen-bond donors (Lipinski definition) is 1. The number of para-hydroxylation sites is 1. The highest BCUT2D eigenvalue weighted by Crippen LogP contribution is 2.19. The molecular formula is C12H24O2. The Morgan fingerprint density at radius 1 is 1.50 bits per heavy atom. The Kier molecular flexibility index (Phi) is 2.77. The van der Waals surface area contributed by atoms with E-state index in [0.29, 0.717) is 6.61 Å². The highest BCUT2D eigenvalue weighted by molar-refractivity contribution is 5.56. The van der Waals surface area contributed by atoms with E-state index >= 15 is 0 Å². The molecule has 0 saturated carbocycles. The van der Waals surface area contributed by atoms with E-state index < -0.39 is 0 Å². The van der Waals surface area contributed by atoms with E-state index in [9.17, 15) is 0 Å². The van der Waals surface area contributed by atoms with Gasteiger partial charge >= 0.3 is 0 Å². The van der Waals surface area contributed by atoms with Gasteiger partial charge in [0.15, 0.2) is 0 Å². The van der Waals surface area contributed by atoms with Crippen molar-refractivity contribution in [3.8, 4) is 5.75 Å². The first-order valence-electron chi connectivity index (χ1n) is 8.87. The van der Waals surface area contributed by atoms with Gasteiger partial charge in [-0.25, -0.2) is 0 Å². The molecule has 0 radical (unpaired) electrons. The van der Waals surface area contributed by atoms with Gasteiger partial charge in [0, 0.05) is 17.4 Å². The lowest BCUT2D eigenvalue weighted by atomic mass is 10.2. The summed E-state index contributed by atoms with van der Waals surface area (Å²) in [5, 5.41) is 8.65. The maximum absolute atomic E-state index is 8.65. The van der Waals surface area contributed by atoms with Crippen LogP contribution in [0.25, 0.3) is 6.08 Å². The van der Waals surface area contributed by atoms with Crippen LogP contribution >= 0.6 is 0 Å². The molecule has 1 N–H and O–H groups in total. The zero-order valence-corrected chi connectivity index (χ0v) is 8.44. The average molecular weight is 216 g/mol. The van der Waals surface area contributed by atoms with Crippen LogP contribution in [-0.2, 0) is 0 Å². The van der Waals surface area contributed by atoms with Gasteiger partial charge < -0.3 is 9.84 Å². The summed E-state index contributed by atoms with van der Waals surface area (Å²) in [7, 11) is 0. The minimum atomic E-state index is 0.0474. The third kappa shape index (κ3) is 3.23. The van der Waals surface area contributed by atoms with Crippen molar-refractivity contribution in [1.82, 2.24) is 0 Å². The van der Waals surface area contributed by atoms with Crippen molar-refractivity contribution in [2.45, 2.75) is 13.3 Å². The van der Waals surface area contributed by atoms with Gasteiger partial charge in [-0.15, -0.1) is 0 Å². The van der Waals surface area contributed by atoms with Gasteiger partial charge in [0.25, 0.3) is 0 Å². The Morgan fingerprint density at radius 2 is 2.29 bits per heavy atom. The molecule has 1 aromatic rings. The highest BCUT2D eigenvalue weighted by atomic mass is 16.5. The maximum Gasteiger partial charge on any atom is 0.126 e. The second-order valence-corrected chi connectivity index (χ2v) is 2.92. The summed E-state index contributed by atoms with van der Waals surface area (Å²) < 4.78 is 45.4. The molecule has 84 valence electrons. The standard InChI is InChI=1S/C12H16O2.4H2/c1-2-3-6-11-7-4-5-8-12(11)14-10-9-13;;;;/h3-8,13H,2,9-10H2,1H3;4*1H/b6-3+;;;;/i;4*1+2T. The molecule has 0 aromatic heterocycles. The Morgan fingerprint density at radius 3 is 3.00 bits per heavy atom. The Balaban J connectivity index is -0.000000175. The number of benzene rings is 1. The van der Waals surface area contributed by atoms with Crippen LogP contribution in [0.2, 0.25) is 0 Å². The largest absolute Gasteiger partial charge is 0.491 e. The first-order chi connectivity index (χ1) is 10.9. The number of rotatable bonds is 5. The first kappa shape index (κ1) is 6.25. The molecule has 0 saturated heterocycles. The minimum Gasteiger partial charge on any atom is -0.491 e. The molecule has 1 aromatic carbocycles. The van der Waals surface area contributed by atoms with Crippen LogP contribution in [0.5, 0.6) is 5.75 Å². The van der Waals surface area contributed by atoms with Crippen LogP contribution < -0.4 is 4.74 Å². The third-order valence-electron chi connectivity index (χ3n) is 1.80. The molecule has 0 fully saturated rings. The van der Waals surface area contributed by atoms with Gasteiger partial charge in [-0.1, -0.05) is 37.3 Å². The van der Waals surface area contributed by atoms with E-state index in [1.165, 1.54) is 0 Å². The molecule has 0 spiro atoms. The van der Waals surface area contributed by atoms with Gasteiger partial charge in [-0.3, -0.25) is 0 Å². The van der Waals surface area contributed by atoms with Crippen molar-refractivity contribution in [1.29, 1.82) is 0 Å². The molecule has 0 aliphatic rings. The van der Waals surface area contributed by atoms with Crippen molar-refractivity contribution in [2.24, 2.45) is 0 Å². The van der Waals surface area contributed by atoms with Crippen LogP contribution in [0.1, 0.15) is 30.8 Å². The lowest BCUT2D eigenvalue weighted by Crippen LogP contribution is -2.02. The molecule has 0 aliphatic carbocycles. The number of aliphatic hydroxyl groups excluding tert-OH is 1. The zero-order valence-electron chi connectivity index (χ0n) is 16.4. The molecule has 14 heavy (non-hydrogen) atoms. The Labute approximate surface area is 97.2 Å². The van der Waals surface area contributed by atoms with Gasteiger partial charge in [0.05, 0.1) is 6.61 Å². The van der Waals surface area contributed by atoms with E-state index in [-0.39, 0.29) is 6.61 Å². The summed E-state index contributed by atoms with van der Waals surface area (Å²) in [6, 6.07) is 7.81. The predicted molar refractivity (Wildman–Crippen MR) is 66.8 cm³/mol. The second kappa shape index (κ2) is 6.22. The predicted octanol–water partition coefficient (Wildman–Crippen LogP) is 3.46. The topological polar surface area (TPSA) is 29.5 Å². The molecule has 2 nitrogen and oxygen atoms in total. The summed E-state index contributed by atoms with van der Waals surface area (Å²) in [5.74, 6) is 0.825. The third-order valence-corrected chi connectivity index (χ3v) is 1.80. The number of hydrogen-bond acceptors (Lipinski definition) is 2. The monoisotopic (exact) mass is 216 g/mol. The van der Waals surface area contributed by atoms with Gasteiger partial charge in [-0.2, -0.15) is 0 Å². The van der Waals surface area contributed by atoms with Gasteiger partial charge in [0.1, 0.15) is 12.4 Å². The molecule has 1 rings (SSSR count). The number of allylic oxidation sites excluding steroid dienone is 1. The Hall–Kier alpha value is -1.28. The fraction of sp³-hybridized carbons (Fsp3) is 0.333. The van der Waals surface area contributed by atoms with Crippen LogP contribution in [0, 0.1) is 0 Å². The normalized spacial score (nSPS) is 13.0. The maximum atomic E-state index is 8.65. The molecule has 0 atom stereocenters. The number of aliphatic hydroxyl groups is 1. The highest BCUT2D eigenvalue weighted by Gasteiger charge is 1.97. The lowest BCUT2D eigenvalue weighted by Gasteiger charge is -2.06. The summed E-state index contributed by atoms with van der Waals surface area (Å²) in [5.41, 5.74) is 1.06. The van der Waals surface area contributed by atoms with Crippen molar-refractivity contribution < 1.29 is 21.7 Å². The quantitative estimate of drug-likeness (QED) is 0.816. The van der Waals surface area contributed by atoms with Crippen molar-refractivity contribution in [3.63, 3.8) is 0 Å². The zero-order chi connectivity index (χ0) is 18.2. The average Bonchev–Trinajstić information content (AvgIpc) is 2.65. The van der Waals surface area contributed by atoms with Crippen LogP contribution in [0.15, 0.2) is 30.3 Å². The van der Waals surface area contributed by atoms with Gasteiger partial charge in [0.2, 0.25) is 0 Å². The molecule has 0 aliphatic heterocycles. The molecule has 0 heterocycles. The smallest absolute Gasteiger partial charge is 0.126 e.